The topological polar surface area (TPSA) is 74.6 Å². The van der Waals surface area contributed by atoms with E-state index in [9.17, 15) is 14.7 Å². The van der Waals surface area contributed by atoms with Gasteiger partial charge in [0.05, 0.1) is 6.10 Å². The number of allylic oxidation sites excluding steroid dienone is 1. The Morgan fingerprint density at radius 1 is 1.05 bits per heavy atom. The summed E-state index contributed by atoms with van der Waals surface area (Å²) in [6.07, 6.45) is 12.0. The molecule has 0 heterocycles. The first-order valence-corrected chi connectivity index (χ1v) is 7.59. The Morgan fingerprint density at radius 2 is 1.70 bits per heavy atom. The van der Waals surface area contributed by atoms with Crippen molar-refractivity contribution in [2.75, 3.05) is 0 Å². The average Bonchev–Trinajstić information content (AvgIpc) is 2.42. The molecule has 0 aromatic carbocycles. The van der Waals surface area contributed by atoms with E-state index in [4.69, 9.17) is 5.11 Å². The summed E-state index contributed by atoms with van der Waals surface area (Å²) in [5.74, 6) is -0.841. The van der Waals surface area contributed by atoms with Gasteiger partial charge in [0.15, 0.2) is 0 Å². The van der Waals surface area contributed by atoms with Crippen molar-refractivity contribution in [1.29, 1.82) is 0 Å². The van der Waals surface area contributed by atoms with Crippen molar-refractivity contribution in [2.24, 2.45) is 5.92 Å². The smallest absolute Gasteiger partial charge is 0.327 e. The van der Waals surface area contributed by atoms with Gasteiger partial charge in [-0.3, -0.25) is 0 Å². The van der Waals surface area contributed by atoms with Crippen LogP contribution in [0.4, 0.5) is 0 Å². The monoisotopic (exact) mass is 284 g/mol. The first kappa shape index (κ1) is 18.8. The largest absolute Gasteiger partial charge is 0.478 e. The van der Waals surface area contributed by atoms with Crippen LogP contribution in [-0.2, 0) is 9.59 Å². The van der Waals surface area contributed by atoms with Gasteiger partial charge in [-0.2, -0.15) is 0 Å². The second-order valence-electron chi connectivity index (χ2n) is 5.43. The van der Waals surface area contributed by atoms with Crippen LogP contribution >= 0.6 is 0 Å². The molecule has 20 heavy (non-hydrogen) atoms. The SMILES string of the molecule is C[C@H](C=O)CC[C@H](O)CCCCCCC/C=C/C(=O)O. The van der Waals surface area contributed by atoms with Crippen LogP contribution in [-0.4, -0.2) is 28.6 Å². The Morgan fingerprint density at radius 3 is 2.35 bits per heavy atom. The lowest BCUT2D eigenvalue weighted by atomic mass is 10.0. The number of hydrogen-bond acceptors (Lipinski definition) is 3. The Bertz CT molecular complexity index is 286. The highest BCUT2D eigenvalue weighted by atomic mass is 16.4. The van der Waals surface area contributed by atoms with Crippen LogP contribution in [0.5, 0.6) is 0 Å². The summed E-state index contributed by atoms with van der Waals surface area (Å²) in [4.78, 5) is 20.7. The molecule has 0 aromatic rings. The van der Waals surface area contributed by atoms with Gasteiger partial charge < -0.3 is 15.0 Å². The highest BCUT2D eigenvalue weighted by Gasteiger charge is 2.06. The van der Waals surface area contributed by atoms with E-state index in [1.807, 2.05) is 6.92 Å². The maximum absolute atomic E-state index is 10.4. The number of aliphatic hydroxyl groups is 1. The van der Waals surface area contributed by atoms with Crippen molar-refractivity contribution >= 4 is 12.3 Å². The molecular formula is C16H28O4. The lowest BCUT2D eigenvalue weighted by Crippen LogP contribution is -2.09. The van der Waals surface area contributed by atoms with Gasteiger partial charge in [0.1, 0.15) is 6.29 Å². The zero-order valence-corrected chi connectivity index (χ0v) is 12.5. The van der Waals surface area contributed by atoms with Gasteiger partial charge in [0.25, 0.3) is 0 Å². The van der Waals surface area contributed by atoms with Crippen LogP contribution in [0.25, 0.3) is 0 Å². The Balaban J connectivity index is 3.31. The van der Waals surface area contributed by atoms with Gasteiger partial charge in [0, 0.05) is 12.0 Å². The second-order valence-corrected chi connectivity index (χ2v) is 5.43. The van der Waals surface area contributed by atoms with Crippen molar-refractivity contribution < 1.29 is 19.8 Å². The Labute approximate surface area is 121 Å². The molecule has 0 saturated carbocycles. The van der Waals surface area contributed by atoms with Crippen LogP contribution in [0.2, 0.25) is 0 Å². The molecule has 0 unspecified atom stereocenters. The molecule has 4 nitrogen and oxygen atoms in total. The zero-order chi connectivity index (χ0) is 15.2. The van der Waals surface area contributed by atoms with Crippen molar-refractivity contribution in [2.45, 2.75) is 70.8 Å². The molecule has 2 atom stereocenters. The second kappa shape index (κ2) is 12.9. The van der Waals surface area contributed by atoms with E-state index in [0.29, 0.717) is 6.42 Å². The lowest BCUT2D eigenvalue weighted by Gasteiger charge is -2.11. The molecule has 0 aromatic heterocycles. The van der Waals surface area contributed by atoms with Crippen LogP contribution in [0.3, 0.4) is 0 Å². The number of aliphatic hydroxyl groups excluding tert-OH is 1. The minimum Gasteiger partial charge on any atom is -0.478 e. The summed E-state index contributed by atoms with van der Waals surface area (Å²) < 4.78 is 0. The maximum Gasteiger partial charge on any atom is 0.327 e. The minimum absolute atomic E-state index is 0.0449. The third-order valence-electron chi connectivity index (χ3n) is 3.36. The summed E-state index contributed by atoms with van der Waals surface area (Å²) in [7, 11) is 0. The highest BCUT2D eigenvalue weighted by Crippen LogP contribution is 2.13. The predicted octanol–water partition coefficient (Wildman–Crippen LogP) is 3.33. The van der Waals surface area contributed by atoms with Crippen LogP contribution in [0.1, 0.15) is 64.7 Å². The van der Waals surface area contributed by atoms with Gasteiger partial charge in [0.2, 0.25) is 0 Å². The number of carbonyl (C=O) groups excluding carboxylic acids is 1. The quantitative estimate of drug-likeness (QED) is 0.309. The van der Waals surface area contributed by atoms with Gasteiger partial charge >= 0.3 is 5.97 Å². The first-order chi connectivity index (χ1) is 9.56. The van der Waals surface area contributed by atoms with Gasteiger partial charge in [-0.05, 0) is 32.1 Å². The number of aldehydes is 1. The lowest BCUT2D eigenvalue weighted by molar-refractivity contribution is -0.131. The third-order valence-corrected chi connectivity index (χ3v) is 3.36. The van der Waals surface area contributed by atoms with E-state index < -0.39 is 5.97 Å². The summed E-state index contributed by atoms with van der Waals surface area (Å²) in [6, 6.07) is 0. The molecule has 0 amide bonds. The highest BCUT2D eigenvalue weighted by molar-refractivity contribution is 5.79. The molecule has 0 radical (unpaired) electrons. The molecule has 2 N–H and O–H groups in total. The van der Waals surface area contributed by atoms with Crippen LogP contribution < -0.4 is 0 Å². The van der Waals surface area contributed by atoms with E-state index in [-0.39, 0.29) is 12.0 Å². The summed E-state index contributed by atoms with van der Waals surface area (Å²) in [6.45, 7) is 1.87. The van der Waals surface area contributed by atoms with E-state index in [1.54, 1.807) is 6.08 Å². The fourth-order valence-corrected chi connectivity index (χ4v) is 2.02. The van der Waals surface area contributed by atoms with Crippen molar-refractivity contribution in [1.82, 2.24) is 0 Å². The Hall–Kier alpha value is -1.16. The van der Waals surface area contributed by atoms with E-state index in [0.717, 1.165) is 57.7 Å². The van der Waals surface area contributed by atoms with Gasteiger partial charge in [-0.25, -0.2) is 4.79 Å². The molecule has 4 heteroatoms. The summed E-state index contributed by atoms with van der Waals surface area (Å²) in [5.41, 5.74) is 0. The fourth-order valence-electron chi connectivity index (χ4n) is 2.02. The van der Waals surface area contributed by atoms with Crippen molar-refractivity contribution in [3.05, 3.63) is 12.2 Å². The predicted molar refractivity (Wildman–Crippen MR) is 79.6 cm³/mol. The molecule has 0 fully saturated rings. The molecule has 0 saturated heterocycles. The maximum atomic E-state index is 10.4. The Kier molecular flexibility index (Phi) is 12.1. The number of unbranched alkanes of at least 4 members (excludes halogenated alkanes) is 5. The molecule has 116 valence electrons. The van der Waals surface area contributed by atoms with Gasteiger partial charge in [-0.1, -0.05) is 38.7 Å². The molecule has 0 aliphatic rings. The first-order valence-electron chi connectivity index (χ1n) is 7.59. The molecule has 0 aliphatic heterocycles. The molecule has 0 spiro atoms. The minimum atomic E-state index is -0.886. The van der Waals surface area contributed by atoms with Crippen LogP contribution in [0.15, 0.2) is 12.2 Å². The van der Waals surface area contributed by atoms with Crippen molar-refractivity contribution in [3.63, 3.8) is 0 Å². The fraction of sp³-hybridized carbons (Fsp3) is 0.750. The number of carboxylic acid groups (broad SMARTS) is 1. The van der Waals surface area contributed by atoms with Crippen LogP contribution in [0, 0.1) is 5.92 Å². The van der Waals surface area contributed by atoms with Gasteiger partial charge in [-0.15, -0.1) is 0 Å². The number of rotatable bonds is 13. The zero-order valence-electron chi connectivity index (χ0n) is 12.5. The number of carbonyl (C=O) groups is 2. The molecule has 0 aliphatic carbocycles. The molecular weight excluding hydrogens is 256 g/mol. The van der Waals surface area contributed by atoms with E-state index in [2.05, 4.69) is 0 Å². The summed E-state index contributed by atoms with van der Waals surface area (Å²) >= 11 is 0. The summed E-state index contributed by atoms with van der Waals surface area (Å²) in [5, 5.41) is 18.1. The average molecular weight is 284 g/mol. The number of hydrogen-bond donors (Lipinski definition) is 2. The standard InChI is InChI=1S/C16H28O4/c1-14(13-17)11-12-15(18)9-7-5-3-2-4-6-8-10-16(19)20/h8,10,13-15,18H,2-7,9,11-12H2,1H3,(H,19,20)/b10-8+/t14-,15+/m0/s1. The molecule has 0 bridgehead atoms. The van der Waals surface area contributed by atoms with E-state index in [1.165, 1.54) is 6.08 Å². The number of carboxylic acids is 1. The third kappa shape index (κ3) is 13.3. The molecule has 0 rings (SSSR count). The normalized spacial score (nSPS) is 14.3. The number of aliphatic carboxylic acids is 1. The van der Waals surface area contributed by atoms with E-state index >= 15 is 0 Å². The van der Waals surface area contributed by atoms with Crippen molar-refractivity contribution in [3.8, 4) is 0 Å².